The first-order valence-electron chi connectivity index (χ1n) is 15.1. The molecule has 228 valence electrons. The van der Waals surface area contributed by atoms with Crippen molar-refractivity contribution in [2.45, 2.75) is 90.6 Å². The van der Waals surface area contributed by atoms with E-state index in [2.05, 4.69) is 31.3 Å². The van der Waals surface area contributed by atoms with Gasteiger partial charge >= 0.3 is 5.97 Å². The molecule has 42 heavy (non-hydrogen) atoms. The van der Waals surface area contributed by atoms with Crippen LogP contribution >= 0.6 is 0 Å². The Hall–Kier alpha value is -3.39. The van der Waals surface area contributed by atoms with Crippen LogP contribution in [-0.2, 0) is 9.59 Å². The first kappa shape index (κ1) is 33.1. The van der Waals surface area contributed by atoms with Crippen molar-refractivity contribution in [3.05, 3.63) is 71.8 Å². The molecular weight excluding hydrogens is 540 g/mol. The van der Waals surface area contributed by atoms with E-state index in [4.69, 9.17) is 4.74 Å². The summed E-state index contributed by atoms with van der Waals surface area (Å²) in [5.41, 5.74) is 0.242. The molecule has 0 heterocycles. The Morgan fingerprint density at radius 2 is 1.71 bits per heavy atom. The predicted molar refractivity (Wildman–Crippen MR) is 159 cm³/mol. The van der Waals surface area contributed by atoms with Crippen molar-refractivity contribution < 1.29 is 33.0 Å². The van der Waals surface area contributed by atoms with E-state index in [-0.39, 0.29) is 42.0 Å². The zero-order valence-electron chi connectivity index (χ0n) is 24.6. The lowest BCUT2D eigenvalue weighted by atomic mass is 9.87. The Kier molecular flexibility index (Phi) is 13.3. The molecule has 3 rings (SSSR count). The van der Waals surface area contributed by atoms with Crippen molar-refractivity contribution in [3.8, 4) is 5.75 Å². The number of ether oxygens (including phenoxy) is 1. The van der Waals surface area contributed by atoms with Crippen molar-refractivity contribution >= 4 is 23.3 Å². The Morgan fingerprint density at radius 3 is 2.40 bits per heavy atom. The molecule has 1 saturated carbocycles. The third kappa shape index (κ3) is 10.8. The van der Waals surface area contributed by atoms with Crippen LogP contribution in [0.2, 0.25) is 0 Å². The standard InChI is InChI=1S/C34H43F2NO5/c1-3-4-7-10-23(2)13-18-30-29(31(38)22-32(30)39)11-8-5-6-9-12-33(40)42-28-16-14-27(15-17-28)37-34(41)24-19-25(35)21-26(36)20-24/h13-21,23,29-30,32,39H,3-12,22H2,1-2H3,(H,37,41)/b18-13+/t23-,29+,30+,32+/m0/s1. The number of benzene rings is 2. The number of amides is 1. The average Bonchev–Trinajstić information content (AvgIpc) is 3.21. The molecule has 2 aromatic carbocycles. The maximum Gasteiger partial charge on any atom is 0.311 e. The summed E-state index contributed by atoms with van der Waals surface area (Å²) in [7, 11) is 0. The zero-order valence-corrected chi connectivity index (χ0v) is 24.6. The molecule has 1 fully saturated rings. The number of aliphatic hydroxyl groups excluding tert-OH is 1. The lowest BCUT2D eigenvalue weighted by molar-refractivity contribution is -0.134. The minimum absolute atomic E-state index is 0.106. The van der Waals surface area contributed by atoms with E-state index in [0.29, 0.717) is 29.8 Å². The number of hydrogen-bond acceptors (Lipinski definition) is 5. The molecule has 0 bridgehead atoms. The highest BCUT2D eigenvalue weighted by molar-refractivity contribution is 6.04. The van der Waals surface area contributed by atoms with E-state index in [1.165, 1.54) is 43.5 Å². The van der Waals surface area contributed by atoms with Gasteiger partial charge in [-0.3, -0.25) is 14.4 Å². The van der Waals surface area contributed by atoms with Gasteiger partial charge in [0.1, 0.15) is 23.2 Å². The summed E-state index contributed by atoms with van der Waals surface area (Å²) in [5, 5.41) is 13.0. The number of nitrogens with one attached hydrogen (secondary N) is 1. The highest BCUT2D eigenvalue weighted by Crippen LogP contribution is 2.35. The molecule has 1 amide bonds. The number of rotatable bonds is 16. The van der Waals surface area contributed by atoms with Crippen LogP contribution in [0.5, 0.6) is 5.75 Å². The van der Waals surface area contributed by atoms with E-state index < -0.39 is 23.6 Å². The van der Waals surface area contributed by atoms with Gasteiger partial charge in [-0.2, -0.15) is 0 Å². The molecule has 0 aromatic heterocycles. The summed E-state index contributed by atoms with van der Waals surface area (Å²) in [4.78, 5) is 37.0. The number of Topliss-reactive ketones (excluding diaryl/α,β-unsaturated/α-hetero) is 1. The van der Waals surface area contributed by atoms with Crippen LogP contribution in [0.25, 0.3) is 0 Å². The third-order valence-electron chi connectivity index (χ3n) is 7.77. The zero-order chi connectivity index (χ0) is 30.5. The molecule has 1 aliphatic carbocycles. The lowest BCUT2D eigenvalue weighted by Gasteiger charge is -2.18. The van der Waals surface area contributed by atoms with Gasteiger partial charge in [-0.15, -0.1) is 0 Å². The fraction of sp³-hybridized carbons (Fsp3) is 0.500. The molecular formula is C34H43F2NO5. The van der Waals surface area contributed by atoms with E-state index in [1.54, 1.807) is 0 Å². The van der Waals surface area contributed by atoms with E-state index in [0.717, 1.165) is 44.2 Å². The molecule has 0 saturated heterocycles. The smallest absolute Gasteiger partial charge is 0.311 e. The van der Waals surface area contributed by atoms with Gasteiger partial charge in [-0.25, -0.2) is 8.78 Å². The SMILES string of the molecule is CCCCC[C@H](C)/C=C/[C@H]1[C@H](O)CC(=O)[C@@H]1CCCCCCC(=O)Oc1ccc(NC(=O)c2cc(F)cc(F)c2)cc1. The molecule has 0 aliphatic heterocycles. The third-order valence-corrected chi connectivity index (χ3v) is 7.77. The van der Waals surface area contributed by atoms with Crippen molar-refractivity contribution in [3.63, 3.8) is 0 Å². The van der Waals surface area contributed by atoms with Gasteiger partial charge in [-0.05, 0) is 61.6 Å². The molecule has 4 atom stereocenters. The molecule has 0 unspecified atom stereocenters. The summed E-state index contributed by atoms with van der Waals surface area (Å²) in [6.07, 6.45) is 12.9. The van der Waals surface area contributed by atoms with Crippen molar-refractivity contribution in [2.24, 2.45) is 17.8 Å². The quantitative estimate of drug-likeness (QED) is 0.0910. The summed E-state index contributed by atoms with van der Waals surface area (Å²) < 4.78 is 32.1. The van der Waals surface area contributed by atoms with Crippen LogP contribution in [0, 0.1) is 29.4 Å². The first-order chi connectivity index (χ1) is 20.2. The second-order valence-corrected chi connectivity index (χ2v) is 11.3. The largest absolute Gasteiger partial charge is 0.427 e. The monoisotopic (exact) mass is 583 g/mol. The molecule has 2 N–H and O–H groups in total. The number of halogens is 2. The predicted octanol–water partition coefficient (Wildman–Crippen LogP) is 7.80. The normalized spacial score (nSPS) is 19.3. The maximum absolute atomic E-state index is 13.4. The number of ketones is 1. The van der Waals surface area contributed by atoms with E-state index in [1.807, 2.05) is 0 Å². The van der Waals surface area contributed by atoms with Crippen molar-refractivity contribution in [2.75, 3.05) is 5.32 Å². The Balaban J connectivity index is 1.34. The summed E-state index contributed by atoms with van der Waals surface area (Å²) in [6.45, 7) is 4.37. The van der Waals surface area contributed by atoms with Crippen molar-refractivity contribution in [1.82, 2.24) is 0 Å². The topological polar surface area (TPSA) is 92.7 Å². The summed E-state index contributed by atoms with van der Waals surface area (Å²) in [6, 6.07) is 8.71. The Bertz CT molecular complexity index is 1190. The molecule has 1 aliphatic rings. The number of esters is 1. The average molecular weight is 584 g/mol. The molecule has 2 aromatic rings. The van der Waals surface area contributed by atoms with Gasteiger partial charge < -0.3 is 15.2 Å². The number of aliphatic hydroxyl groups is 1. The second kappa shape index (κ2) is 16.9. The maximum atomic E-state index is 13.4. The van der Waals surface area contributed by atoms with E-state index >= 15 is 0 Å². The first-order valence-corrected chi connectivity index (χ1v) is 15.1. The summed E-state index contributed by atoms with van der Waals surface area (Å²) >= 11 is 0. The van der Waals surface area contributed by atoms with Crippen LogP contribution in [-0.4, -0.2) is 28.9 Å². The molecule has 0 radical (unpaired) electrons. The molecule has 8 heteroatoms. The highest BCUT2D eigenvalue weighted by atomic mass is 19.1. The van der Waals surface area contributed by atoms with Gasteiger partial charge in [0.2, 0.25) is 0 Å². The number of allylic oxidation sites excluding steroid dienone is 1. The highest BCUT2D eigenvalue weighted by Gasteiger charge is 2.39. The fourth-order valence-electron chi connectivity index (χ4n) is 5.39. The van der Waals surface area contributed by atoms with Gasteiger partial charge in [0, 0.05) is 42.0 Å². The van der Waals surface area contributed by atoms with Crippen LogP contribution < -0.4 is 10.1 Å². The summed E-state index contributed by atoms with van der Waals surface area (Å²) in [5.74, 6) is -2.04. The molecule has 0 spiro atoms. The van der Waals surface area contributed by atoms with Gasteiger partial charge in [-0.1, -0.05) is 64.5 Å². The van der Waals surface area contributed by atoms with Crippen LogP contribution in [0.1, 0.15) is 94.8 Å². The van der Waals surface area contributed by atoms with Gasteiger partial charge in [0.05, 0.1) is 6.10 Å². The number of unbranched alkanes of at least 4 members (excludes halogenated alkanes) is 5. The lowest BCUT2D eigenvalue weighted by Crippen LogP contribution is -2.18. The fourth-order valence-corrected chi connectivity index (χ4v) is 5.39. The van der Waals surface area contributed by atoms with Crippen LogP contribution in [0.3, 0.4) is 0 Å². The van der Waals surface area contributed by atoms with E-state index in [9.17, 15) is 28.3 Å². The second-order valence-electron chi connectivity index (χ2n) is 11.3. The minimum Gasteiger partial charge on any atom is -0.427 e. The van der Waals surface area contributed by atoms with Gasteiger partial charge in [0.25, 0.3) is 5.91 Å². The number of hydrogen-bond donors (Lipinski definition) is 2. The molecule has 6 nitrogen and oxygen atoms in total. The number of carbonyl (C=O) groups is 3. The van der Waals surface area contributed by atoms with Crippen molar-refractivity contribution in [1.29, 1.82) is 0 Å². The Labute approximate surface area is 247 Å². The Morgan fingerprint density at radius 1 is 1.02 bits per heavy atom. The number of anilines is 1. The number of carbonyl (C=O) groups excluding carboxylic acids is 3. The van der Waals surface area contributed by atoms with Crippen LogP contribution in [0.15, 0.2) is 54.6 Å². The van der Waals surface area contributed by atoms with Gasteiger partial charge in [0.15, 0.2) is 0 Å². The van der Waals surface area contributed by atoms with Crippen LogP contribution in [0.4, 0.5) is 14.5 Å². The minimum atomic E-state index is -0.842.